The van der Waals surface area contributed by atoms with Crippen LogP contribution in [0.1, 0.15) is 62.0 Å². The van der Waals surface area contributed by atoms with Crippen LogP contribution in [0.4, 0.5) is 0 Å². The van der Waals surface area contributed by atoms with Crippen LogP contribution in [0, 0.1) is 5.92 Å². The summed E-state index contributed by atoms with van der Waals surface area (Å²) in [6, 6.07) is 25.3. The third-order valence-electron chi connectivity index (χ3n) is 8.53. The first-order chi connectivity index (χ1) is 23.0. The van der Waals surface area contributed by atoms with Gasteiger partial charge in [0.25, 0.3) is 11.8 Å². The van der Waals surface area contributed by atoms with E-state index >= 15 is 0 Å². The molecule has 1 fully saturated rings. The molecule has 1 aliphatic rings. The van der Waals surface area contributed by atoms with Gasteiger partial charge in [0.1, 0.15) is 23.4 Å². The summed E-state index contributed by atoms with van der Waals surface area (Å²) in [4.78, 5) is 71.1. The van der Waals surface area contributed by atoms with E-state index in [0.717, 1.165) is 23.8 Å². The summed E-state index contributed by atoms with van der Waals surface area (Å²) in [7, 11) is 0. The van der Waals surface area contributed by atoms with E-state index in [0.29, 0.717) is 23.1 Å². The maximum absolute atomic E-state index is 14.2. The number of carbonyl (C=O) groups excluding carboxylic acids is 5. The quantitative estimate of drug-likeness (QED) is 0.112. The first kappa shape index (κ1) is 33.9. The van der Waals surface area contributed by atoms with Crippen LogP contribution in [0.25, 0.3) is 22.0 Å². The number of amides is 4. The maximum atomic E-state index is 14.2. The van der Waals surface area contributed by atoms with Gasteiger partial charge in [-0.05, 0) is 42.2 Å². The van der Waals surface area contributed by atoms with Crippen molar-refractivity contribution in [2.75, 3.05) is 0 Å². The molecule has 3 atom stereocenters. The average molecular weight is 649 g/mol. The molecule has 1 aliphatic heterocycles. The van der Waals surface area contributed by atoms with E-state index in [1.54, 1.807) is 30.3 Å². The number of hydrogen-bond donors (Lipinski definition) is 4. The SMILES string of the molecule is CCCCCC(=O)[C](c1ccccc1-c1ccccc1)[C@]1(NC(=O)[C@H](CC(N)=O)NC(=O)c2ccc3ccccc3n2)O[C@]1(C)C(N)=O. The lowest BCUT2D eigenvalue weighted by Gasteiger charge is -2.29. The van der Waals surface area contributed by atoms with Crippen molar-refractivity contribution in [3.8, 4) is 11.1 Å². The summed E-state index contributed by atoms with van der Waals surface area (Å²) in [6.07, 6.45) is 1.72. The summed E-state index contributed by atoms with van der Waals surface area (Å²) < 4.78 is 6.05. The van der Waals surface area contributed by atoms with Crippen molar-refractivity contribution in [1.29, 1.82) is 0 Å². The molecule has 0 bridgehead atoms. The number of nitrogens with one attached hydrogen (secondary N) is 2. The van der Waals surface area contributed by atoms with Crippen molar-refractivity contribution in [3.63, 3.8) is 0 Å². The normalized spacial score (nSPS) is 19.0. The van der Waals surface area contributed by atoms with E-state index < -0.39 is 47.4 Å². The summed E-state index contributed by atoms with van der Waals surface area (Å²) in [5.41, 5.74) is 9.92. The highest BCUT2D eigenvalue weighted by Crippen LogP contribution is 2.55. The molecule has 1 aromatic heterocycles. The first-order valence-corrected chi connectivity index (χ1v) is 15.8. The lowest BCUT2D eigenvalue weighted by Crippen LogP contribution is -2.58. The fourth-order valence-corrected chi connectivity index (χ4v) is 5.86. The number of nitrogens with zero attached hydrogens (tertiary/aromatic N) is 1. The van der Waals surface area contributed by atoms with Gasteiger partial charge < -0.3 is 26.8 Å². The predicted octanol–water partition coefficient (Wildman–Crippen LogP) is 3.73. The monoisotopic (exact) mass is 648 g/mol. The van der Waals surface area contributed by atoms with Crippen LogP contribution in [0.2, 0.25) is 0 Å². The molecular weight excluding hydrogens is 610 g/mol. The Morgan fingerprint density at radius 3 is 2.23 bits per heavy atom. The molecule has 247 valence electrons. The highest BCUT2D eigenvalue weighted by molar-refractivity contribution is 6.06. The molecule has 5 rings (SSSR count). The average Bonchev–Trinajstić information content (AvgIpc) is 3.69. The molecule has 4 amide bonds. The molecule has 3 aromatic carbocycles. The largest absolute Gasteiger partial charge is 0.370 e. The Kier molecular flexibility index (Phi) is 10.00. The van der Waals surface area contributed by atoms with Gasteiger partial charge in [-0.3, -0.25) is 24.0 Å². The molecule has 11 heteroatoms. The van der Waals surface area contributed by atoms with Gasteiger partial charge in [0, 0.05) is 11.8 Å². The van der Waals surface area contributed by atoms with Crippen LogP contribution < -0.4 is 22.1 Å². The maximum Gasteiger partial charge on any atom is 0.270 e. The molecule has 4 aromatic rings. The van der Waals surface area contributed by atoms with Crippen molar-refractivity contribution in [2.45, 2.75) is 63.3 Å². The number of primary amides is 2. The van der Waals surface area contributed by atoms with Crippen LogP contribution in [0.3, 0.4) is 0 Å². The molecule has 0 spiro atoms. The molecular formula is C37H38N5O6. The molecule has 0 aliphatic carbocycles. The van der Waals surface area contributed by atoms with Gasteiger partial charge in [0.05, 0.1) is 11.9 Å². The summed E-state index contributed by atoms with van der Waals surface area (Å²) in [6.45, 7) is 3.40. The lowest BCUT2D eigenvalue weighted by atomic mass is 9.77. The van der Waals surface area contributed by atoms with E-state index in [2.05, 4.69) is 15.6 Å². The lowest BCUT2D eigenvalue weighted by molar-refractivity contribution is -0.128. The van der Waals surface area contributed by atoms with Crippen molar-refractivity contribution in [1.82, 2.24) is 15.6 Å². The number of Topliss-reactive ketones (excluding diaryl/α,β-unsaturated/α-hetero) is 1. The van der Waals surface area contributed by atoms with E-state index in [4.69, 9.17) is 16.2 Å². The molecule has 0 saturated carbocycles. The summed E-state index contributed by atoms with van der Waals surface area (Å²) in [5.74, 6) is -3.76. The number of epoxide rings is 1. The number of benzene rings is 3. The number of ketones is 1. The van der Waals surface area contributed by atoms with E-state index in [-0.39, 0.29) is 23.8 Å². The Morgan fingerprint density at radius 1 is 0.854 bits per heavy atom. The zero-order valence-electron chi connectivity index (χ0n) is 26.8. The second kappa shape index (κ2) is 14.1. The number of rotatable bonds is 15. The minimum Gasteiger partial charge on any atom is -0.370 e. The number of fused-ring (bicyclic) bond motifs is 1. The standard InChI is InChI=1S/C37H38N5O6/c1-3-4-6-19-30(43)32(26-17-11-10-16-25(26)23-13-7-5-8-14-23)37(36(2,48-37)35(39)47)42-34(46)29(22-31(38)44)41-33(45)28-21-20-24-15-9-12-18-27(24)40-28/h5,7-18,20-21,29H,3-4,6,19,22H2,1-2H3,(H2,38,44)(H2,39,47)(H,41,45)(H,42,46)/t29-,36+,37-/m0/s1. The summed E-state index contributed by atoms with van der Waals surface area (Å²) >= 11 is 0. The van der Waals surface area contributed by atoms with Gasteiger partial charge in [0.15, 0.2) is 11.3 Å². The van der Waals surface area contributed by atoms with Gasteiger partial charge in [-0.1, -0.05) is 98.6 Å². The summed E-state index contributed by atoms with van der Waals surface area (Å²) in [5, 5.41) is 6.07. The van der Waals surface area contributed by atoms with Crippen molar-refractivity contribution in [3.05, 3.63) is 108 Å². The van der Waals surface area contributed by atoms with Crippen LogP contribution in [0.5, 0.6) is 0 Å². The van der Waals surface area contributed by atoms with Crippen LogP contribution in [-0.4, -0.2) is 51.8 Å². The minimum atomic E-state index is -2.02. The Morgan fingerprint density at radius 2 is 1.54 bits per heavy atom. The number of ether oxygens (including phenoxy) is 1. The highest BCUT2D eigenvalue weighted by Gasteiger charge is 2.77. The van der Waals surface area contributed by atoms with Crippen molar-refractivity contribution >= 4 is 40.3 Å². The van der Waals surface area contributed by atoms with Gasteiger partial charge >= 0.3 is 0 Å². The molecule has 2 heterocycles. The Hall–Kier alpha value is -5.42. The first-order valence-electron chi connectivity index (χ1n) is 15.8. The van der Waals surface area contributed by atoms with E-state index in [9.17, 15) is 24.0 Å². The highest BCUT2D eigenvalue weighted by atomic mass is 16.7. The Balaban J connectivity index is 1.54. The minimum absolute atomic E-state index is 0.00507. The second-order valence-corrected chi connectivity index (χ2v) is 11.9. The van der Waals surface area contributed by atoms with E-state index in [1.165, 1.54) is 13.0 Å². The third kappa shape index (κ3) is 6.82. The zero-order valence-corrected chi connectivity index (χ0v) is 26.8. The fourth-order valence-electron chi connectivity index (χ4n) is 5.86. The number of para-hydroxylation sites is 1. The van der Waals surface area contributed by atoms with Crippen LogP contribution in [0.15, 0.2) is 91.0 Å². The molecule has 6 N–H and O–H groups in total. The fraction of sp³-hybridized carbons (Fsp3) is 0.270. The molecule has 0 unspecified atom stereocenters. The Bertz CT molecular complexity index is 1860. The molecule has 11 nitrogen and oxygen atoms in total. The second-order valence-electron chi connectivity index (χ2n) is 11.9. The van der Waals surface area contributed by atoms with Crippen LogP contribution >= 0.6 is 0 Å². The number of aromatic nitrogens is 1. The number of nitrogens with two attached hydrogens (primary N) is 2. The van der Waals surface area contributed by atoms with Gasteiger partial charge in [-0.15, -0.1) is 0 Å². The number of pyridine rings is 1. The number of carbonyl (C=O) groups is 5. The van der Waals surface area contributed by atoms with Gasteiger partial charge in [-0.2, -0.15) is 0 Å². The topological polar surface area (TPSA) is 187 Å². The van der Waals surface area contributed by atoms with Gasteiger partial charge in [-0.25, -0.2) is 4.98 Å². The smallest absolute Gasteiger partial charge is 0.270 e. The number of hydrogen-bond acceptors (Lipinski definition) is 7. The molecule has 1 saturated heterocycles. The zero-order chi connectivity index (χ0) is 34.5. The van der Waals surface area contributed by atoms with Crippen molar-refractivity contribution in [2.24, 2.45) is 11.5 Å². The Labute approximate surface area is 278 Å². The predicted molar refractivity (Wildman–Crippen MR) is 180 cm³/mol. The molecule has 48 heavy (non-hydrogen) atoms. The third-order valence-corrected chi connectivity index (χ3v) is 8.53. The van der Waals surface area contributed by atoms with Crippen LogP contribution in [-0.2, 0) is 23.9 Å². The number of unbranched alkanes of at least 4 members (excludes halogenated alkanes) is 2. The molecule has 1 radical (unpaired) electrons. The van der Waals surface area contributed by atoms with Crippen molar-refractivity contribution < 1.29 is 28.7 Å². The van der Waals surface area contributed by atoms with E-state index in [1.807, 2.05) is 61.5 Å². The van der Waals surface area contributed by atoms with Gasteiger partial charge in [0.2, 0.25) is 11.8 Å².